The molecule has 5 heterocycles. The topological polar surface area (TPSA) is 26.0 Å². The first-order chi connectivity index (χ1) is 19.3. The molecule has 6 heteroatoms. The first-order valence-electron chi connectivity index (χ1n) is 13.2. The van der Waals surface area contributed by atoms with E-state index in [4.69, 9.17) is 4.98 Å². The van der Waals surface area contributed by atoms with Gasteiger partial charge in [-0.25, -0.2) is 4.98 Å². The molecule has 8 aromatic rings. The first kappa shape index (κ1) is 20.2. The average molecular weight is 514 g/mol. The first-order valence-corrected chi connectivity index (χ1v) is 14.1. The number of imidazole rings is 1. The van der Waals surface area contributed by atoms with Crippen LogP contribution in [0.4, 0.5) is 11.4 Å². The number of fused-ring (bicyclic) bond motifs is 14. The lowest BCUT2D eigenvalue weighted by Crippen LogP contribution is -2.47. The van der Waals surface area contributed by atoms with E-state index in [-0.39, 0.29) is 7.12 Å². The molecule has 2 aliphatic heterocycles. The van der Waals surface area contributed by atoms with Gasteiger partial charge in [0.1, 0.15) is 5.82 Å². The largest absolute Gasteiger partial charge is 0.519 e. The van der Waals surface area contributed by atoms with Gasteiger partial charge in [0, 0.05) is 60.1 Å². The highest BCUT2D eigenvalue weighted by Gasteiger charge is 2.46. The third-order valence-electron chi connectivity index (χ3n) is 8.56. The van der Waals surface area contributed by atoms with E-state index in [2.05, 4.69) is 123 Å². The van der Waals surface area contributed by atoms with Crippen LogP contribution in [0.5, 0.6) is 0 Å². The maximum absolute atomic E-state index is 4.89. The summed E-state index contributed by atoms with van der Waals surface area (Å²) < 4.78 is 7.48. The number of hydrogen-bond donors (Lipinski definition) is 0. The number of hydrogen-bond acceptors (Lipinski definition) is 3. The third kappa shape index (κ3) is 2.43. The number of aromatic nitrogens is 3. The summed E-state index contributed by atoms with van der Waals surface area (Å²) in [6, 6.07) is 37.9. The van der Waals surface area contributed by atoms with Gasteiger partial charge in [0.25, 0.3) is 0 Å². The van der Waals surface area contributed by atoms with Crippen LogP contribution in [-0.2, 0) is 0 Å². The summed E-state index contributed by atoms with van der Waals surface area (Å²) in [5.74, 6) is 1.01. The van der Waals surface area contributed by atoms with E-state index < -0.39 is 0 Å². The third-order valence-corrected chi connectivity index (χ3v) is 9.71. The van der Waals surface area contributed by atoms with Crippen LogP contribution in [0, 0.1) is 0 Å². The highest BCUT2D eigenvalue weighted by atomic mass is 32.1. The van der Waals surface area contributed by atoms with Crippen molar-refractivity contribution in [1.29, 1.82) is 0 Å². The Morgan fingerprint density at radius 2 is 1.44 bits per heavy atom. The average Bonchev–Trinajstić information content (AvgIpc) is 3.76. The minimum absolute atomic E-state index is 0.0193. The molecule has 0 fully saturated rings. The number of rotatable bonds is 1. The summed E-state index contributed by atoms with van der Waals surface area (Å²) in [7, 11) is -0.0193. The van der Waals surface area contributed by atoms with Crippen LogP contribution in [0.25, 0.3) is 64.5 Å². The number of thiophene rings is 1. The number of nitrogens with zero attached hydrogens (tertiary/aromatic N) is 4. The van der Waals surface area contributed by atoms with Gasteiger partial charge in [-0.3, -0.25) is 0 Å². The van der Waals surface area contributed by atoms with Gasteiger partial charge in [-0.1, -0.05) is 60.7 Å². The Morgan fingerprint density at radius 3 is 2.41 bits per heavy atom. The highest BCUT2D eigenvalue weighted by molar-refractivity contribution is 7.25. The van der Waals surface area contributed by atoms with Gasteiger partial charge >= 0.3 is 7.12 Å². The number of anilines is 2. The van der Waals surface area contributed by atoms with E-state index in [1.54, 1.807) is 0 Å². The second-order valence-corrected chi connectivity index (χ2v) is 11.6. The van der Waals surface area contributed by atoms with Crippen molar-refractivity contribution in [2.75, 3.05) is 4.81 Å². The van der Waals surface area contributed by atoms with Gasteiger partial charge in [0.15, 0.2) is 0 Å². The molecule has 0 aliphatic carbocycles. The van der Waals surface area contributed by atoms with Crippen LogP contribution < -0.4 is 4.81 Å². The molecule has 39 heavy (non-hydrogen) atoms. The normalized spacial score (nSPS) is 13.5. The van der Waals surface area contributed by atoms with Crippen LogP contribution >= 0.6 is 11.3 Å². The van der Waals surface area contributed by atoms with Crippen molar-refractivity contribution in [2.24, 2.45) is 0 Å². The van der Waals surface area contributed by atoms with E-state index >= 15 is 0 Å². The van der Waals surface area contributed by atoms with Gasteiger partial charge in [-0.15, -0.1) is 11.3 Å². The van der Waals surface area contributed by atoms with Crippen molar-refractivity contribution in [2.45, 2.75) is 0 Å². The fraction of sp³-hybridized carbons (Fsp3) is 0. The van der Waals surface area contributed by atoms with Crippen LogP contribution in [0.3, 0.4) is 0 Å². The molecule has 0 atom stereocenters. The van der Waals surface area contributed by atoms with E-state index in [1.165, 1.54) is 64.5 Å². The standard InChI is InChI=1S/C33H19BN4S/c1-3-9-27-22(6-1)24-8-5-10-29-32(24)38(27)34-36-17-16-35-33(36)26-19-20(12-14-28(26)37(29)34)21-13-15-31-25(18-21)23-7-2-4-11-30(23)39-31/h1-19H. The van der Waals surface area contributed by atoms with Gasteiger partial charge in [0.05, 0.1) is 11.2 Å². The molecule has 3 aromatic heterocycles. The van der Waals surface area contributed by atoms with Crippen molar-refractivity contribution >= 4 is 71.8 Å². The maximum atomic E-state index is 4.89. The second-order valence-electron chi connectivity index (χ2n) is 10.5. The van der Waals surface area contributed by atoms with E-state index in [0.717, 1.165) is 11.4 Å². The summed E-state index contributed by atoms with van der Waals surface area (Å²) in [6.45, 7) is 0. The molecule has 0 N–H and O–H groups in total. The molecule has 0 amide bonds. The quantitative estimate of drug-likeness (QED) is 0.205. The van der Waals surface area contributed by atoms with E-state index in [9.17, 15) is 0 Å². The summed E-state index contributed by atoms with van der Waals surface area (Å²) >= 11 is 1.86. The molecule has 4 nitrogen and oxygen atoms in total. The van der Waals surface area contributed by atoms with Crippen molar-refractivity contribution in [1.82, 2.24) is 13.9 Å². The molecular weight excluding hydrogens is 495 g/mol. The number of benzene rings is 5. The van der Waals surface area contributed by atoms with Crippen molar-refractivity contribution in [3.8, 4) is 22.5 Å². The summed E-state index contributed by atoms with van der Waals surface area (Å²) in [4.78, 5) is 7.38. The molecule has 0 radical (unpaired) electrons. The van der Waals surface area contributed by atoms with Crippen LogP contribution in [0.1, 0.15) is 0 Å². The molecule has 10 rings (SSSR count). The Kier molecular flexibility index (Phi) is 3.62. The summed E-state index contributed by atoms with van der Waals surface area (Å²) in [6.07, 6.45) is 4.06. The zero-order chi connectivity index (χ0) is 25.2. The Bertz CT molecular complexity index is 2320. The van der Waals surface area contributed by atoms with Crippen molar-refractivity contribution in [3.05, 3.63) is 116 Å². The lowest BCUT2D eigenvalue weighted by molar-refractivity contribution is 1.06. The zero-order valence-electron chi connectivity index (χ0n) is 20.7. The fourth-order valence-corrected chi connectivity index (χ4v) is 8.02. The molecule has 0 bridgehead atoms. The number of para-hydroxylation sites is 2. The van der Waals surface area contributed by atoms with Gasteiger partial charge in [-0.05, 0) is 53.6 Å². The molecule has 180 valence electrons. The molecule has 0 saturated carbocycles. The van der Waals surface area contributed by atoms with E-state index in [0.29, 0.717) is 0 Å². The van der Waals surface area contributed by atoms with Crippen LogP contribution in [0.15, 0.2) is 116 Å². The zero-order valence-corrected chi connectivity index (χ0v) is 21.6. The van der Waals surface area contributed by atoms with Crippen molar-refractivity contribution < 1.29 is 0 Å². The minimum Gasteiger partial charge on any atom is -0.343 e. The molecule has 2 aliphatic rings. The minimum atomic E-state index is -0.0193. The second kappa shape index (κ2) is 6.98. The smallest absolute Gasteiger partial charge is 0.343 e. The predicted octanol–water partition coefficient (Wildman–Crippen LogP) is 8.54. The van der Waals surface area contributed by atoms with Crippen molar-refractivity contribution in [3.63, 3.8) is 0 Å². The Morgan fingerprint density at radius 1 is 0.641 bits per heavy atom. The maximum Gasteiger partial charge on any atom is 0.519 e. The Balaban J connectivity index is 1.21. The fourth-order valence-electron chi connectivity index (χ4n) is 6.93. The Labute approximate surface area is 228 Å². The van der Waals surface area contributed by atoms with Crippen LogP contribution in [0.2, 0.25) is 0 Å². The lowest BCUT2D eigenvalue weighted by Gasteiger charge is -2.33. The van der Waals surface area contributed by atoms with Gasteiger partial charge in [-0.2, -0.15) is 0 Å². The van der Waals surface area contributed by atoms with Gasteiger partial charge in [0.2, 0.25) is 0 Å². The monoisotopic (exact) mass is 514 g/mol. The lowest BCUT2D eigenvalue weighted by atomic mass is 9.83. The Hall–Kier alpha value is -4.81. The molecule has 0 saturated heterocycles. The van der Waals surface area contributed by atoms with E-state index in [1.807, 2.05) is 17.5 Å². The molecule has 0 spiro atoms. The molecule has 5 aromatic carbocycles. The summed E-state index contributed by atoms with van der Waals surface area (Å²) in [5, 5.41) is 5.25. The molecule has 0 unspecified atom stereocenters. The summed E-state index contributed by atoms with van der Waals surface area (Å²) in [5.41, 5.74) is 8.59. The molecular formula is C33H19BN4S. The highest BCUT2D eigenvalue weighted by Crippen LogP contribution is 2.50. The predicted molar refractivity (Wildman–Crippen MR) is 164 cm³/mol. The van der Waals surface area contributed by atoms with Crippen LogP contribution in [-0.4, -0.2) is 21.1 Å². The SMILES string of the molecule is c1ccc2c(c1)sc1ccc(-c3ccc4c(c3)-c3nccn3B3N4c4cccc5c6ccccc6n3c45)cc12. The van der Waals surface area contributed by atoms with Gasteiger partial charge < -0.3 is 13.8 Å².